The van der Waals surface area contributed by atoms with Crippen molar-refractivity contribution in [3.8, 4) is 0 Å². The predicted molar refractivity (Wildman–Crippen MR) is 63.2 cm³/mol. The number of carbonyl (C=O) groups excluding carboxylic acids is 1. The number of carbonyl (C=O) groups is 1. The van der Waals surface area contributed by atoms with E-state index in [4.69, 9.17) is 21.1 Å². The Morgan fingerprint density at radius 1 is 1.71 bits per heavy atom. The summed E-state index contributed by atoms with van der Waals surface area (Å²) in [7, 11) is 1.36. The van der Waals surface area contributed by atoms with Crippen LogP contribution in [-0.4, -0.2) is 43.9 Å². The SMILES string of the molecule is COC(=O)C1COCCN1c1ccncc1Cl. The van der Waals surface area contributed by atoms with Crippen LogP contribution < -0.4 is 4.90 Å². The van der Waals surface area contributed by atoms with Gasteiger partial charge in [-0.1, -0.05) is 11.6 Å². The summed E-state index contributed by atoms with van der Waals surface area (Å²) in [6.45, 7) is 1.47. The first-order valence-electron chi connectivity index (χ1n) is 5.25. The normalized spacial score (nSPS) is 20.1. The lowest BCUT2D eigenvalue weighted by molar-refractivity contribution is -0.144. The number of nitrogens with zero attached hydrogens (tertiary/aromatic N) is 2. The second-order valence-electron chi connectivity index (χ2n) is 3.63. The third kappa shape index (κ3) is 2.50. The Balaban J connectivity index is 2.28. The number of ether oxygens (including phenoxy) is 2. The van der Waals surface area contributed by atoms with Crippen molar-refractivity contribution in [1.29, 1.82) is 0 Å². The largest absolute Gasteiger partial charge is 0.467 e. The number of esters is 1. The average molecular weight is 257 g/mol. The van der Waals surface area contributed by atoms with E-state index in [0.29, 0.717) is 24.8 Å². The highest BCUT2D eigenvalue weighted by Gasteiger charge is 2.31. The predicted octanol–water partition coefficient (Wildman–Crippen LogP) is 1.11. The smallest absolute Gasteiger partial charge is 0.330 e. The maximum atomic E-state index is 11.7. The van der Waals surface area contributed by atoms with E-state index in [1.54, 1.807) is 18.5 Å². The van der Waals surface area contributed by atoms with Crippen LogP contribution in [0.1, 0.15) is 0 Å². The molecule has 1 fully saturated rings. The lowest BCUT2D eigenvalue weighted by atomic mass is 10.2. The van der Waals surface area contributed by atoms with Crippen LogP contribution >= 0.6 is 11.6 Å². The summed E-state index contributed by atoms with van der Waals surface area (Å²) in [6.07, 6.45) is 3.20. The van der Waals surface area contributed by atoms with Gasteiger partial charge < -0.3 is 14.4 Å². The Kier molecular flexibility index (Phi) is 3.81. The number of aromatic nitrogens is 1. The zero-order chi connectivity index (χ0) is 12.3. The first kappa shape index (κ1) is 12.1. The van der Waals surface area contributed by atoms with Gasteiger partial charge in [0.15, 0.2) is 6.04 Å². The minimum atomic E-state index is -0.450. The van der Waals surface area contributed by atoms with E-state index in [1.165, 1.54) is 7.11 Å². The molecule has 0 bridgehead atoms. The third-order valence-electron chi connectivity index (χ3n) is 2.66. The highest BCUT2D eigenvalue weighted by atomic mass is 35.5. The Labute approximate surface area is 104 Å². The average Bonchev–Trinajstić information content (AvgIpc) is 2.38. The van der Waals surface area contributed by atoms with Crippen LogP contribution in [0.2, 0.25) is 5.02 Å². The monoisotopic (exact) mass is 256 g/mol. The number of halogens is 1. The van der Waals surface area contributed by atoms with E-state index in [0.717, 1.165) is 5.69 Å². The van der Waals surface area contributed by atoms with Gasteiger partial charge in [-0.25, -0.2) is 4.79 Å². The van der Waals surface area contributed by atoms with Crippen molar-refractivity contribution in [2.45, 2.75) is 6.04 Å². The quantitative estimate of drug-likeness (QED) is 0.742. The van der Waals surface area contributed by atoms with Crippen molar-refractivity contribution in [2.24, 2.45) is 0 Å². The molecule has 5 nitrogen and oxygen atoms in total. The fourth-order valence-corrected chi connectivity index (χ4v) is 2.05. The third-order valence-corrected chi connectivity index (χ3v) is 2.95. The fourth-order valence-electron chi connectivity index (χ4n) is 1.82. The molecule has 1 unspecified atom stereocenters. The van der Waals surface area contributed by atoms with Crippen molar-refractivity contribution in [1.82, 2.24) is 4.98 Å². The van der Waals surface area contributed by atoms with Crippen LogP contribution in [0.15, 0.2) is 18.5 Å². The molecule has 6 heteroatoms. The van der Waals surface area contributed by atoms with E-state index in [-0.39, 0.29) is 5.97 Å². The zero-order valence-electron chi connectivity index (χ0n) is 9.43. The molecule has 1 aliphatic rings. The molecule has 0 aromatic carbocycles. The van der Waals surface area contributed by atoms with Gasteiger partial charge in [0, 0.05) is 18.9 Å². The van der Waals surface area contributed by atoms with Gasteiger partial charge >= 0.3 is 5.97 Å². The number of hydrogen-bond acceptors (Lipinski definition) is 5. The summed E-state index contributed by atoms with van der Waals surface area (Å²) in [5, 5.41) is 0.517. The van der Waals surface area contributed by atoms with E-state index in [1.807, 2.05) is 4.90 Å². The Morgan fingerprint density at radius 3 is 3.24 bits per heavy atom. The number of hydrogen-bond donors (Lipinski definition) is 0. The highest BCUT2D eigenvalue weighted by molar-refractivity contribution is 6.33. The number of anilines is 1. The van der Waals surface area contributed by atoms with Crippen molar-refractivity contribution >= 4 is 23.3 Å². The lowest BCUT2D eigenvalue weighted by Gasteiger charge is -2.35. The summed E-state index contributed by atoms with van der Waals surface area (Å²) in [5.41, 5.74) is 0.778. The van der Waals surface area contributed by atoms with Crippen LogP contribution in [0.25, 0.3) is 0 Å². The fraction of sp³-hybridized carbons (Fsp3) is 0.455. The maximum Gasteiger partial charge on any atom is 0.330 e. The minimum Gasteiger partial charge on any atom is -0.467 e. The van der Waals surface area contributed by atoms with Crippen molar-refractivity contribution in [3.05, 3.63) is 23.5 Å². The molecule has 0 amide bonds. The molecule has 2 rings (SSSR count). The number of methoxy groups -OCH3 is 1. The lowest BCUT2D eigenvalue weighted by Crippen LogP contribution is -2.50. The molecule has 1 aromatic rings. The molecule has 1 saturated heterocycles. The molecule has 1 aromatic heterocycles. The molecule has 1 aliphatic heterocycles. The first-order chi connectivity index (χ1) is 8.24. The number of pyridine rings is 1. The number of rotatable bonds is 2. The summed E-state index contributed by atoms with van der Waals surface area (Å²) < 4.78 is 10.1. The molecule has 17 heavy (non-hydrogen) atoms. The summed E-state index contributed by atoms with van der Waals surface area (Å²) in [6, 6.07) is 1.33. The van der Waals surface area contributed by atoms with Gasteiger partial charge in [-0.2, -0.15) is 0 Å². The van der Waals surface area contributed by atoms with Gasteiger partial charge in [0.05, 0.1) is 31.0 Å². The molecular formula is C11H13ClN2O3. The highest BCUT2D eigenvalue weighted by Crippen LogP contribution is 2.27. The molecule has 1 atom stereocenters. The minimum absolute atomic E-state index is 0.311. The van der Waals surface area contributed by atoms with E-state index in [2.05, 4.69) is 4.98 Å². The second-order valence-corrected chi connectivity index (χ2v) is 4.04. The van der Waals surface area contributed by atoms with Crippen molar-refractivity contribution in [2.75, 3.05) is 31.8 Å². The van der Waals surface area contributed by atoms with Crippen LogP contribution in [0.3, 0.4) is 0 Å². The molecule has 2 heterocycles. The van der Waals surface area contributed by atoms with E-state index < -0.39 is 6.04 Å². The van der Waals surface area contributed by atoms with Gasteiger partial charge in [0.2, 0.25) is 0 Å². The standard InChI is InChI=1S/C11H13ClN2O3/c1-16-11(15)10-7-17-5-4-14(10)9-2-3-13-6-8(9)12/h2-3,6,10H,4-5,7H2,1H3. The zero-order valence-corrected chi connectivity index (χ0v) is 10.2. The first-order valence-corrected chi connectivity index (χ1v) is 5.63. The van der Waals surface area contributed by atoms with Gasteiger partial charge in [0.1, 0.15) is 0 Å². The van der Waals surface area contributed by atoms with Crippen molar-refractivity contribution in [3.63, 3.8) is 0 Å². The summed E-state index contributed by atoms with van der Waals surface area (Å²) in [5.74, 6) is -0.322. The Hall–Kier alpha value is -1.33. The molecule has 92 valence electrons. The molecule has 0 N–H and O–H groups in total. The van der Waals surface area contributed by atoms with Crippen LogP contribution in [-0.2, 0) is 14.3 Å². The van der Waals surface area contributed by atoms with Gasteiger partial charge in [-0.3, -0.25) is 4.98 Å². The Bertz CT molecular complexity index is 413. The molecule has 0 radical (unpaired) electrons. The molecular weight excluding hydrogens is 244 g/mol. The summed E-state index contributed by atoms with van der Waals surface area (Å²) in [4.78, 5) is 17.5. The number of morpholine rings is 1. The van der Waals surface area contributed by atoms with Crippen LogP contribution in [0.4, 0.5) is 5.69 Å². The molecule has 0 spiro atoms. The van der Waals surface area contributed by atoms with Crippen LogP contribution in [0.5, 0.6) is 0 Å². The second kappa shape index (κ2) is 5.33. The van der Waals surface area contributed by atoms with Crippen LogP contribution in [0, 0.1) is 0 Å². The summed E-state index contributed by atoms with van der Waals surface area (Å²) >= 11 is 6.07. The van der Waals surface area contributed by atoms with Crippen molar-refractivity contribution < 1.29 is 14.3 Å². The molecule has 0 aliphatic carbocycles. The van der Waals surface area contributed by atoms with Gasteiger partial charge in [-0.05, 0) is 6.07 Å². The Morgan fingerprint density at radius 2 is 2.53 bits per heavy atom. The van der Waals surface area contributed by atoms with E-state index in [9.17, 15) is 4.79 Å². The molecule has 0 saturated carbocycles. The maximum absolute atomic E-state index is 11.7. The van der Waals surface area contributed by atoms with Gasteiger partial charge in [-0.15, -0.1) is 0 Å². The van der Waals surface area contributed by atoms with E-state index >= 15 is 0 Å². The topological polar surface area (TPSA) is 51.7 Å². The van der Waals surface area contributed by atoms with Gasteiger partial charge in [0.25, 0.3) is 0 Å².